The molecular formula is C9H11NS. The van der Waals surface area contributed by atoms with Crippen LogP contribution in [-0.2, 0) is 0 Å². The molecule has 0 bridgehead atoms. The summed E-state index contributed by atoms with van der Waals surface area (Å²) in [6, 6.07) is 4.32. The summed E-state index contributed by atoms with van der Waals surface area (Å²) in [6.45, 7) is 2.12. The van der Waals surface area contributed by atoms with Crippen LogP contribution in [0.2, 0.25) is 0 Å². The van der Waals surface area contributed by atoms with Crippen LogP contribution in [0.4, 0.5) is 0 Å². The minimum atomic E-state index is 0.450. The second-order valence-corrected chi connectivity index (χ2v) is 3.30. The Hall–Kier alpha value is -0.810. The van der Waals surface area contributed by atoms with Crippen LogP contribution in [0.5, 0.6) is 0 Å². The molecule has 1 atom stereocenters. The highest BCUT2D eigenvalue weighted by molar-refractivity contribution is 7.07. The van der Waals surface area contributed by atoms with E-state index in [0.29, 0.717) is 12.3 Å². The maximum Gasteiger partial charge on any atom is 0.0628 e. The predicted molar refractivity (Wildman–Crippen MR) is 47.6 cm³/mol. The average Bonchev–Trinajstić information content (AvgIpc) is 2.52. The van der Waals surface area contributed by atoms with Gasteiger partial charge in [0.2, 0.25) is 0 Å². The molecule has 0 radical (unpaired) electrons. The SMILES string of the molecule is CC[C@@H](CC#N)c1ccsc1. The molecule has 2 heteroatoms. The van der Waals surface area contributed by atoms with Crippen molar-refractivity contribution < 1.29 is 0 Å². The first-order valence-corrected chi connectivity index (χ1v) is 4.71. The molecule has 0 amide bonds. The van der Waals surface area contributed by atoms with Crippen molar-refractivity contribution in [3.8, 4) is 6.07 Å². The number of rotatable bonds is 3. The molecule has 0 aliphatic heterocycles. The molecule has 0 aromatic carbocycles. The van der Waals surface area contributed by atoms with Crippen LogP contribution in [0.3, 0.4) is 0 Å². The lowest BCUT2D eigenvalue weighted by molar-refractivity contribution is 0.683. The topological polar surface area (TPSA) is 23.8 Å². The summed E-state index contributed by atoms with van der Waals surface area (Å²) in [4.78, 5) is 0. The standard InChI is InChI=1S/C9H11NS/c1-2-8(3-5-10)9-4-6-11-7-9/h4,6-8H,2-3H2,1H3/t8-/m0/s1. The molecule has 1 rings (SSSR count). The Morgan fingerprint density at radius 2 is 2.55 bits per heavy atom. The average molecular weight is 165 g/mol. The van der Waals surface area contributed by atoms with Gasteiger partial charge in [-0.25, -0.2) is 0 Å². The van der Waals surface area contributed by atoms with Crippen molar-refractivity contribution in [2.24, 2.45) is 0 Å². The van der Waals surface area contributed by atoms with E-state index in [9.17, 15) is 0 Å². The number of nitrogens with zero attached hydrogens (tertiary/aromatic N) is 1. The summed E-state index contributed by atoms with van der Waals surface area (Å²) in [5.41, 5.74) is 1.32. The number of thiophene rings is 1. The second-order valence-electron chi connectivity index (χ2n) is 2.52. The molecule has 0 aliphatic carbocycles. The lowest BCUT2D eigenvalue weighted by Crippen LogP contribution is -1.92. The van der Waals surface area contributed by atoms with E-state index in [-0.39, 0.29) is 0 Å². The lowest BCUT2D eigenvalue weighted by Gasteiger charge is -2.06. The predicted octanol–water partition coefficient (Wildman–Crippen LogP) is 3.16. The molecule has 0 fully saturated rings. The van der Waals surface area contributed by atoms with Gasteiger partial charge in [0.1, 0.15) is 0 Å². The Morgan fingerprint density at radius 3 is 3.00 bits per heavy atom. The van der Waals surface area contributed by atoms with E-state index in [2.05, 4.69) is 29.8 Å². The molecule has 0 aliphatic rings. The Kier molecular flexibility index (Phi) is 3.13. The van der Waals surface area contributed by atoms with E-state index < -0.39 is 0 Å². The third kappa shape index (κ3) is 2.06. The summed E-state index contributed by atoms with van der Waals surface area (Å²) in [5, 5.41) is 12.7. The van der Waals surface area contributed by atoms with E-state index in [0.717, 1.165) is 6.42 Å². The van der Waals surface area contributed by atoms with Crippen molar-refractivity contribution in [1.82, 2.24) is 0 Å². The Morgan fingerprint density at radius 1 is 1.73 bits per heavy atom. The first-order valence-electron chi connectivity index (χ1n) is 3.77. The largest absolute Gasteiger partial charge is 0.198 e. The van der Waals surface area contributed by atoms with Crippen LogP contribution in [0, 0.1) is 11.3 Å². The van der Waals surface area contributed by atoms with E-state index >= 15 is 0 Å². The fourth-order valence-electron chi connectivity index (χ4n) is 1.12. The van der Waals surface area contributed by atoms with E-state index in [1.54, 1.807) is 11.3 Å². The van der Waals surface area contributed by atoms with Gasteiger partial charge in [0.25, 0.3) is 0 Å². The Bertz CT molecular complexity index is 233. The third-order valence-corrected chi connectivity index (χ3v) is 2.55. The zero-order valence-electron chi connectivity index (χ0n) is 6.58. The molecule has 58 valence electrons. The molecule has 0 saturated heterocycles. The van der Waals surface area contributed by atoms with Gasteiger partial charge in [-0.15, -0.1) is 0 Å². The quantitative estimate of drug-likeness (QED) is 0.675. The molecule has 1 aromatic rings. The van der Waals surface area contributed by atoms with Crippen LogP contribution in [-0.4, -0.2) is 0 Å². The summed E-state index contributed by atoms with van der Waals surface area (Å²) < 4.78 is 0. The Balaban J connectivity index is 2.65. The maximum absolute atomic E-state index is 8.52. The van der Waals surface area contributed by atoms with Crippen LogP contribution in [0.1, 0.15) is 31.2 Å². The van der Waals surface area contributed by atoms with Crippen LogP contribution in [0.15, 0.2) is 16.8 Å². The zero-order chi connectivity index (χ0) is 8.10. The van der Waals surface area contributed by atoms with Gasteiger partial charge >= 0.3 is 0 Å². The zero-order valence-corrected chi connectivity index (χ0v) is 7.40. The van der Waals surface area contributed by atoms with E-state index in [4.69, 9.17) is 5.26 Å². The molecule has 0 unspecified atom stereocenters. The molecule has 1 aromatic heterocycles. The van der Waals surface area contributed by atoms with Gasteiger partial charge in [0.15, 0.2) is 0 Å². The van der Waals surface area contributed by atoms with Crippen molar-refractivity contribution in [2.75, 3.05) is 0 Å². The van der Waals surface area contributed by atoms with Gasteiger partial charge < -0.3 is 0 Å². The minimum Gasteiger partial charge on any atom is -0.198 e. The van der Waals surface area contributed by atoms with Crippen molar-refractivity contribution >= 4 is 11.3 Å². The van der Waals surface area contributed by atoms with Crippen LogP contribution in [0.25, 0.3) is 0 Å². The van der Waals surface area contributed by atoms with Gasteiger partial charge in [0.05, 0.1) is 6.07 Å². The highest BCUT2D eigenvalue weighted by Gasteiger charge is 2.07. The normalized spacial score (nSPS) is 12.4. The monoisotopic (exact) mass is 165 g/mol. The molecule has 0 saturated carbocycles. The second kappa shape index (κ2) is 4.15. The first kappa shape index (κ1) is 8.29. The molecule has 0 spiro atoms. The van der Waals surface area contributed by atoms with Gasteiger partial charge in [0, 0.05) is 6.42 Å². The van der Waals surface area contributed by atoms with Crippen LogP contribution < -0.4 is 0 Å². The Labute approximate surface area is 71.3 Å². The number of hydrogen-bond acceptors (Lipinski definition) is 2. The van der Waals surface area contributed by atoms with Gasteiger partial charge in [-0.2, -0.15) is 16.6 Å². The third-order valence-electron chi connectivity index (χ3n) is 1.85. The smallest absolute Gasteiger partial charge is 0.0628 e. The summed E-state index contributed by atoms with van der Waals surface area (Å²) in [6.07, 6.45) is 1.71. The fraction of sp³-hybridized carbons (Fsp3) is 0.444. The molecular weight excluding hydrogens is 154 g/mol. The maximum atomic E-state index is 8.52. The summed E-state index contributed by atoms with van der Waals surface area (Å²) in [7, 11) is 0. The van der Waals surface area contributed by atoms with Crippen molar-refractivity contribution in [3.63, 3.8) is 0 Å². The van der Waals surface area contributed by atoms with Crippen molar-refractivity contribution in [1.29, 1.82) is 5.26 Å². The van der Waals surface area contributed by atoms with E-state index in [1.807, 2.05) is 0 Å². The molecule has 11 heavy (non-hydrogen) atoms. The number of hydrogen-bond donors (Lipinski definition) is 0. The highest BCUT2D eigenvalue weighted by atomic mass is 32.1. The lowest BCUT2D eigenvalue weighted by atomic mass is 9.97. The summed E-state index contributed by atoms with van der Waals surface area (Å²) in [5.74, 6) is 0.450. The highest BCUT2D eigenvalue weighted by Crippen LogP contribution is 2.24. The molecule has 0 N–H and O–H groups in total. The fourth-order valence-corrected chi connectivity index (χ4v) is 1.86. The summed E-state index contributed by atoms with van der Waals surface area (Å²) >= 11 is 1.70. The van der Waals surface area contributed by atoms with Gasteiger partial charge in [-0.1, -0.05) is 6.92 Å². The van der Waals surface area contributed by atoms with Crippen molar-refractivity contribution in [3.05, 3.63) is 22.4 Å². The van der Waals surface area contributed by atoms with Gasteiger partial charge in [-0.3, -0.25) is 0 Å². The number of nitriles is 1. The van der Waals surface area contributed by atoms with Crippen molar-refractivity contribution in [2.45, 2.75) is 25.7 Å². The van der Waals surface area contributed by atoms with Gasteiger partial charge in [-0.05, 0) is 34.7 Å². The first-order chi connectivity index (χ1) is 5.38. The minimum absolute atomic E-state index is 0.450. The van der Waals surface area contributed by atoms with Crippen LogP contribution >= 0.6 is 11.3 Å². The molecule has 1 nitrogen and oxygen atoms in total. The molecule has 1 heterocycles. The van der Waals surface area contributed by atoms with E-state index in [1.165, 1.54) is 5.56 Å².